The molecule has 1 aromatic heterocycles. The van der Waals surface area contributed by atoms with Gasteiger partial charge in [0.25, 0.3) is 5.91 Å². The number of benzene rings is 3. The Morgan fingerprint density at radius 3 is 2.25 bits per heavy atom. The third-order valence-electron chi connectivity index (χ3n) is 4.32. The van der Waals surface area contributed by atoms with Gasteiger partial charge in [-0.15, -0.1) is 0 Å². The molecule has 0 unspecified atom stereocenters. The summed E-state index contributed by atoms with van der Waals surface area (Å²) in [6, 6.07) is 22.3. The maximum absolute atomic E-state index is 12.8. The van der Waals surface area contributed by atoms with E-state index in [4.69, 9.17) is 23.2 Å². The third kappa shape index (κ3) is 3.79. The summed E-state index contributed by atoms with van der Waals surface area (Å²) in [4.78, 5) is 16.0. The molecule has 0 aliphatic rings. The van der Waals surface area contributed by atoms with Crippen molar-refractivity contribution in [2.24, 2.45) is 5.10 Å². The molecule has 3 aromatic carbocycles. The molecule has 0 saturated heterocycles. The molecule has 0 aliphatic carbocycles. The van der Waals surface area contributed by atoms with Crippen LogP contribution in [0.2, 0.25) is 10.0 Å². The molecule has 138 valence electrons. The van der Waals surface area contributed by atoms with Crippen LogP contribution in [0.4, 0.5) is 0 Å². The van der Waals surface area contributed by atoms with Crippen LogP contribution in [0.1, 0.15) is 16.1 Å². The molecule has 0 aliphatic heterocycles. The number of para-hydroxylation sites is 1. The first-order valence-corrected chi connectivity index (χ1v) is 9.33. The summed E-state index contributed by atoms with van der Waals surface area (Å²) in [6.45, 7) is 0. The highest BCUT2D eigenvalue weighted by atomic mass is 35.5. The van der Waals surface area contributed by atoms with Gasteiger partial charge in [-0.2, -0.15) is 5.10 Å². The second-order valence-corrected chi connectivity index (χ2v) is 7.05. The van der Waals surface area contributed by atoms with Gasteiger partial charge in [0.2, 0.25) is 0 Å². The minimum absolute atomic E-state index is 0.327. The maximum Gasteiger partial charge on any atom is 0.288 e. The fourth-order valence-corrected chi connectivity index (χ4v) is 3.25. The fraction of sp³-hybridized carbons (Fsp3) is 0. The summed E-state index contributed by atoms with van der Waals surface area (Å²) in [6.07, 6.45) is 1.57. The van der Waals surface area contributed by atoms with Crippen molar-refractivity contribution < 1.29 is 4.79 Å². The van der Waals surface area contributed by atoms with Crippen LogP contribution in [0.25, 0.3) is 22.0 Å². The number of hydrogen-bond acceptors (Lipinski definition) is 2. The first kappa shape index (κ1) is 18.3. The van der Waals surface area contributed by atoms with Crippen LogP contribution in [-0.2, 0) is 0 Å². The van der Waals surface area contributed by atoms with E-state index >= 15 is 0 Å². The standard InChI is InChI=1S/C22H15Cl2N3O/c23-16-9-5-14(6-10-16)13-25-27-22(28)21-20(15-7-11-17(24)12-8-15)18-3-1-2-4-19(18)26-21/h1-13,26H,(H,27,28)/b25-13-. The number of nitrogens with one attached hydrogen (secondary N) is 2. The van der Waals surface area contributed by atoms with E-state index < -0.39 is 0 Å². The lowest BCUT2D eigenvalue weighted by Gasteiger charge is -2.05. The fourth-order valence-electron chi connectivity index (χ4n) is 3.00. The number of rotatable bonds is 4. The lowest BCUT2D eigenvalue weighted by molar-refractivity contribution is 0.0951. The number of carbonyl (C=O) groups excluding carboxylic acids is 1. The molecule has 1 heterocycles. The Hall–Kier alpha value is -3.08. The molecule has 28 heavy (non-hydrogen) atoms. The molecule has 0 bridgehead atoms. The van der Waals surface area contributed by atoms with Crippen LogP contribution in [0.5, 0.6) is 0 Å². The molecular formula is C22H15Cl2N3O. The Balaban J connectivity index is 1.67. The van der Waals surface area contributed by atoms with Crippen LogP contribution in [0.15, 0.2) is 77.9 Å². The number of hydrogen-bond donors (Lipinski definition) is 2. The van der Waals surface area contributed by atoms with Crippen molar-refractivity contribution in [3.8, 4) is 11.1 Å². The molecular weight excluding hydrogens is 393 g/mol. The predicted molar refractivity (Wildman–Crippen MR) is 115 cm³/mol. The number of nitrogens with zero attached hydrogens (tertiary/aromatic N) is 1. The van der Waals surface area contributed by atoms with E-state index in [1.54, 1.807) is 30.5 Å². The average molecular weight is 408 g/mol. The van der Waals surface area contributed by atoms with Crippen molar-refractivity contribution in [2.45, 2.75) is 0 Å². The molecule has 0 fully saturated rings. The summed E-state index contributed by atoms with van der Waals surface area (Å²) < 4.78 is 0. The van der Waals surface area contributed by atoms with Crippen LogP contribution < -0.4 is 5.43 Å². The second kappa shape index (κ2) is 7.89. The van der Waals surface area contributed by atoms with Crippen molar-refractivity contribution >= 4 is 46.2 Å². The molecule has 1 amide bonds. The van der Waals surface area contributed by atoms with E-state index in [9.17, 15) is 4.79 Å². The van der Waals surface area contributed by atoms with Crippen LogP contribution >= 0.6 is 23.2 Å². The summed E-state index contributed by atoms with van der Waals surface area (Å²) in [5.74, 6) is -0.327. The van der Waals surface area contributed by atoms with Crippen molar-refractivity contribution in [3.05, 3.63) is 94.1 Å². The molecule has 6 heteroatoms. The van der Waals surface area contributed by atoms with Crippen molar-refractivity contribution in [2.75, 3.05) is 0 Å². The maximum atomic E-state index is 12.8. The van der Waals surface area contributed by atoms with Crippen molar-refractivity contribution in [1.82, 2.24) is 10.4 Å². The molecule has 0 atom stereocenters. The number of hydrazone groups is 1. The average Bonchev–Trinajstić information content (AvgIpc) is 3.10. The molecule has 0 radical (unpaired) electrons. The Labute approximate surface area is 171 Å². The zero-order valence-electron chi connectivity index (χ0n) is 14.6. The van der Waals surface area contributed by atoms with Crippen LogP contribution in [-0.4, -0.2) is 17.1 Å². The minimum Gasteiger partial charge on any atom is -0.350 e. The van der Waals surface area contributed by atoms with E-state index in [0.29, 0.717) is 15.7 Å². The van der Waals surface area contributed by atoms with Crippen LogP contribution in [0.3, 0.4) is 0 Å². The van der Waals surface area contributed by atoms with Gasteiger partial charge in [-0.25, -0.2) is 5.43 Å². The zero-order valence-corrected chi connectivity index (χ0v) is 16.1. The van der Waals surface area contributed by atoms with Gasteiger partial charge in [0, 0.05) is 26.5 Å². The quantitative estimate of drug-likeness (QED) is 0.320. The van der Waals surface area contributed by atoms with Gasteiger partial charge in [-0.3, -0.25) is 4.79 Å². The van der Waals surface area contributed by atoms with Crippen LogP contribution in [0, 0.1) is 0 Å². The van der Waals surface area contributed by atoms with Gasteiger partial charge in [0.05, 0.1) is 6.21 Å². The molecule has 0 spiro atoms. The summed E-state index contributed by atoms with van der Waals surface area (Å²) >= 11 is 11.9. The first-order chi connectivity index (χ1) is 13.6. The smallest absolute Gasteiger partial charge is 0.288 e. The molecule has 2 N–H and O–H groups in total. The third-order valence-corrected chi connectivity index (χ3v) is 4.82. The highest BCUT2D eigenvalue weighted by Gasteiger charge is 2.18. The lowest BCUT2D eigenvalue weighted by atomic mass is 10.0. The van der Waals surface area contributed by atoms with E-state index in [1.807, 2.05) is 48.5 Å². The zero-order chi connectivity index (χ0) is 19.5. The SMILES string of the molecule is O=C(N/N=C\c1ccc(Cl)cc1)c1[nH]c2ccccc2c1-c1ccc(Cl)cc1. The summed E-state index contributed by atoms with van der Waals surface area (Å²) in [5.41, 5.74) is 6.44. The minimum atomic E-state index is -0.327. The van der Waals surface area contributed by atoms with E-state index in [0.717, 1.165) is 27.6 Å². The van der Waals surface area contributed by atoms with E-state index in [1.165, 1.54) is 0 Å². The lowest BCUT2D eigenvalue weighted by Crippen LogP contribution is -2.18. The predicted octanol–water partition coefficient (Wildman–Crippen LogP) is 5.91. The Kier molecular flexibility index (Phi) is 5.15. The van der Waals surface area contributed by atoms with Gasteiger partial charge in [0.1, 0.15) is 5.69 Å². The van der Waals surface area contributed by atoms with Crippen molar-refractivity contribution in [1.29, 1.82) is 0 Å². The number of aromatic amines is 1. The number of fused-ring (bicyclic) bond motifs is 1. The largest absolute Gasteiger partial charge is 0.350 e. The monoisotopic (exact) mass is 407 g/mol. The number of amides is 1. The Morgan fingerprint density at radius 1 is 0.893 bits per heavy atom. The van der Waals surface area contributed by atoms with Gasteiger partial charge >= 0.3 is 0 Å². The molecule has 4 nitrogen and oxygen atoms in total. The van der Waals surface area contributed by atoms with Gasteiger partial charge in [-0.1, -0.05) is 65.7 Å². The van der Waals surface area contributed by atoms with E-state index in [-0.39, 0.29) is 5.91 Å². The number of H-pyrrole nitrogens is 1. The Morgan fingerprint density at radius 2 is 1.54 bits per heavy atom. The van der Waals surface area contributed by atoms with Gasteiger partial charge < -0.3 is 4.98 Å². The topological polar surface area (TPSA) is 57.2 Å². The van der Waals surface area contributed by atoms with Gasteiger partial charge in [-0.05, 0) is 41.5 Å². The second-order valence-electron chi connectivity index (χ2n) is 6.18. The number of carbonyl (C=O) groups is 1. The van der Waals surface area contributed by atoms with E-state index in [2.05, 4.69) is 15.5 Å². The summed E-state index contributed by atoms with van der Waals surface area (Å²) in [5, 5.41) is 6.30. The first-order valence-electron chi connectivity index (χ1n) is 8.57. The number of halogens is 2. The normalized spacial score (nSPS) is 11.2. The highest BCUT2D eigenvalue weighted by Crippen LogP contribution is 2.33. The van der Waals surface area contributed by atoms with Crippen molar-refractivity contribution in [3.63, 3.8) is 0 Å². The molecule has 4 aromatic rings. The highest BCUT2D eigenvalue weighted by molar-refractivity contribution is 6.31. The molecule has 0 saturated carbocycles. The van der Waals surface area contributed by atoms with Gasteiger partial charge in [0.15, 0.2) is 0 Å². The Bertz CT molecular complexity index is 1160. The number of aromatic nitrogens is 1. The summed E-state index contributed by atoms with van der Waals surface area (Å²) in [7, 11) is 0. The molecule has 4 rings (SSSR count).